The third-order valence-corrected chi connectivity index (χ3v) is 3.95. The number of amides is 1. The lowest BCUT2D eigenvalue weighted by Gasteiger charge is -2.25. The molecule has 2 atom stereocenters. The van der Waals surface area contributed by atoms with Crippen LogP contribution in [-0.4, -0.2) is 54.4 Å². The first-order valence-corrected chi connectivity index (χ1v) is 8.68. The summed E-state index contributed by atoms with van der Waals surface area (Å²) in [7, 11) is 0. The van der Waals surface area contributed by atoms with Crippen molar-refractivity contribution >= 4 is 6.09 Å². The molecule has 0 aromatic heterocycles. The number of hydrogen-bond acceptors (Lipinski definition) is 4. The highest BCUT2D eigenvalue weighted by molar-refractivity contribution is 5.67. The van der Waals surface area contributed by atoms with E-state index < -0.39 is 5.60 Å². The molecule has 1 saturated heterocycles. The Kier molecular flexibility index (Phi) is 7.63. The number of alkyl carbamates (subject to hydrolysis) is 1. The van der Waals surface area contributed by atoms with Crippen LogP contribution in [0.5, 0.6) is 0 Å². The zero-order valence-corrected chi connectivity index (χ0v) is 15.2. The number of nitrogens with one attached hydrogen (secondary N) is 2. The second-order valence-electron chi connectivity index (χ2n) is 7.61. The van der Waals surface area contributed by atoms with E-state index in [1.54, 1.807) is 0 Å². The smallest absolute Gasteiger partial charge is 0.407 e. The zero-order chi connectivity index (χ0) is 16.8. The fourth-order valence-electron chi connectivity index (χ4n) is 2.84. The van der Waals surface area contributed by atoms with Crippen molar-refractivity contribution in [3.8, 4) is 0 Å². The SMILES string of the molecule is CCCC(CNC(=O)OC(C)(C)C)NC1CCN(C(C)C)C1. The molecule has 1 amide bonds. The average Bonchev–Trinajstić information content (AvgIpc) is 2.83. The number of ether oxygens (including phenoxy) is 1. The van der Waals surface area contributed by atoms with Gasteiger partial charge in [0.25, 0.3) is 0 Å². The van der Waals surface area contributed by atoms with Crippen LogP contribution in [-0.2, 0) is 4.74 Å². The number of carbonyl (C=O) groups is 1. The van der Waals surface area contributed by atoms with Gasteiger partial charge in [0.2, 0.25) is 0 Å². The molecule has 0 spiro atoms. The van der Waals surface area contributed by atoms with Gasteiger partial charge in [-0.2, -0.15) is 0 Å². The number of rotatable bonds is 7. The fourth-order valence-corrected chi connectivity index (χ4v) is 2.84. The van der Waals surface area contributed by atoms with Gasteiger partial charge in [0.15, 0.2) is 0 Å². The van der Waals surface area contributed by atoms with Crippen LogP contribution >= 0.6 is 0 Å². The Morgan fingerprint density at radius 3 is 2.55 bits per heavy atom. The topological polar surface area (TPSA) is 53.6 Å². The van der Waals surface area contributed by atoms with E-state index in [0.29, 0.717) is 24.7 Å². The van der Waals surface area contributed by atoms with Crippen LogP contribution in [0.15, 0.2) is 0 Å². The van der Waals surface area contributed by atoms with Gasteiger partial charge >= 0.3 is 6.09 Å². The fraction of sp³-hybridized carbons (Fsp3) is 0.941. The van der Waals surface area contributed by atoms with E-state index in [4.69, 9.17) is 4.74 Å². The minimum absolute atomic E-state index is 0.314. The van der Waals surface area contributed by atoms with E-state index in [0.717, 1.165) is 25.9 Å². The maximum atomic E-state index is 11.8. The van der Waals surface area contributed by atoms with Crippen molar-refractivity contribution in [2.24, 2.45) is 0 Å². The Morgan fingerprint density at radius 2 is 2.05 bits per heavy atom. The standard InChI is InChI=1S/C17H35N3O2/c1-7-8-14(11-18-16(21)22-17(4,5)6)19-15-9-10-20(12-15)13(2)3/h13-15,19H,7-12H2,1-6H3,(H,18,21). The van der Waals surface area contributed by atoms with Crippen molar-refractivity contribution in [2.75, 3.05) is 19.6 Å². The minimum atomic E-state index is -0.443. The Labute approximate surface area is 136 Å². The molecule has 5 heteroatoms. The number of hydrogen-bond donors (Lipinski definition) is 2. The Morgan fingerprint density at radius 1 is 1.36 bits per heavy atom. The molecule has 0 bridgehead atoms. The average molecular weight is 313 g/mol. The lowest BCUT2D eigenvalue weighted by atomic mass is 10.1. The third-order valence-electron chi connectivity index (χ3n) is 3.95. The molecule has 1 aliphatic rings. The summed E-state index contributed by atoms with van der Waals surface area (Å²) in [5, 5.41) is 6.60. The van der Waals surface area contributed by atoms with E-state index in [2.05, 4.69) is 36.3 Å². The minimum Gasteiger partial charge on any atom is -0.444 e. The molecule has 2 N–H and O–H groups in total. The molecule has 0 aliphatic carbocycles. The van der Waals surface area contributed by atoms with E-state index in [-0.39, 0.29) is 6.09 Å². The van der Waals surface area contributed by atoms with Crippen LogP contribution in [0.4, 0.5) is 4.79 Å². The van der Waals surface area contributed by atoms with Gasteiger partial charge in [-0.05, 0) is 54.0 Å². The molecular formula is C17H35N3O2. The zero-order valence-electron chi connectivity index (χ0n) is 15.2. The van der Waals surface area contributed by atoms with Gasteiger partial charge in [0.1, 0.15) is 5.60 Å². The van der Waals surface area contributed by atoms with Crippen molar-refractivity contribution in [1.82, 2.24) is 15.5 Å². The molecule has 1 aliphatic heterocycles. The summed E-state index contributed by atoms with van der Waals surface area (Å²) in [6.45, 7) is 15.2. The van der Waals surface area contributed by atoms with Gasteiger partial charge in [0.05, 0.1) is 0 Å². The summed E-state index contributed by atoms with van der Waals surface area (Å²) in [5.41, 5.74) is -0.443. The maximum absolute atomic E-state index is 11.8. The summed E-state index contributed by atoms with van der Waals surface area (Å²) < 4.78 is 5.30. The molecule has 0 aromatic rings. The third kappa shape index (κ3) is 7.45. The number of nitrogens with zero attached hydrogens (tertiary/aromatic N) is 1. The highest BCUT2D eigenvalue weighted by Gasteiger charge is 2.26. The van der Waals surface area contributed by atoms with E-state index in [1.807, 2.05) is 20.8 Å². The summed E-state index contributed by atoms with van der Waals surface area (Å²) in [6.07, 6.45) is 3.03. The molecule has 22 heavy (non-hydrogen) atoms. The quantitative estimate of drug-likeness (QED) is 0.759. The largest absolute Gasteiger partial charge is 0.444 e. The molecule has 1 fully saturated rings. The maximum Gasteiger partial charge on any atom is 0.407 e. The number of carbonyl (C=O) groups excluding carboxylic acids is 1. The first kappa shape index (κ1) is 19.2. The van der Waals surface area contributed by atoms with Gasteiger partial charge in [-0.3, -0.25) is 4.90 Å². The number of likely N-dealkylation sites (tertiary alicyclic amines) is 1. The van der Waals surface area contributed by atoms with Crippen molar-refractivity contribution in [1.29, 1.82) is 0 Å². The lowest BCUT2D eigenvalue weighted by molar-refractivity contribution is 0.0521. The van der Waals surface area contributed by atoms with Crippen molar-refractivity contribution in [3.05, 3.63) is 0 Å². The van der Waals surface area contributed by atoms with E-state index >= 15 is 0 Å². The van der Waals surface area contributed by atoms with Crippen molar-refractivity contribution < 1.29 is 9.53 Å². The summed E-state index contributed by atoms with van der Waals surface area (Å²) in [5.74, 6) is 0. The van der Waals surface area contributed by atoms with Gasteiger partial charge in [-0.25, -0.2) is 4.79 Å². The van der Waals surface area contributed by atoms with Crippen molar-refractivity contribution in [2.45, 2.75) is 84.5 Å². The van der Waals surface area contributed by atoms with Crippen LogP contribution in [0.25, 0.3) is 0 Å². The van der Waals surface area contributed by atoms with Crippen LogP contribution < -0.4 is 10.6 Å². The lowest BCUT2D eigenvalue weighted by Crippen LogP contribution is -2.47. The molecule has 0 aromatic carbocycles. The second-order valence-corrected chi connectivity index (χ2v) is 7.61. The van der Waals surface area contributed by atoms with E-state index in [9.17, 15) is 4.79 Å². The monoisotopic (exact) mass is 313 g/mol. The highest BCUT2D eigenvalue weighted by atomic mass is 16.6. The van der Waals surface area contributed by atoms with Crippen LogP contribution in [0, 0.1) is 0 Å². The molecule has 2 unspecified atom stereocenters. The van der Waals surface area contributed by atoms with E-state index in [1.165, 1.54) is 6.42 Å². The van der Waals surface area contributed by atoms with Crippen LogP contribution in [0.2, 0.25) is 0 Å². The van der Waals surface area contributed by atoms with Gasteiger partial charge < -0.3 is 15.4 Å². The van der Waals surface area contributed by atoms with Crippen LogP contribution in [0.3, 0.4) is 0 Å². The molecule has 1 heterocycles. The first-order chi connectivity index (χ1) is 10.2. The molecule has 1 rings (SSSR count). The molecule has 0 radical (unpaired) electrons. The van der Waals surface area contributed by atoms with Gasteiger partial charge in [-0.1, -0.05) is 13.3 Å². The second kappa shape index (κ2) is 8.73. The molecule has 130 valence electrons. The first-order valence-electron chi connectivity index (χ1n) is 8.68. The molecule has 0 saturated carbocycles. The predicted molar refractivity (Wildman–Crippen MR) is 91.2 cm³/mol. The van der Waals surface area contributed by atoms with Crippen LogP contribution in [0.1, 0.15) is 60.8 Å². The summed E-state index contributed by atoms with van der Waals surface area (Å²) in [6, 6.07) is 1.45. The van der Waals surface area contributed by atoms with Gasteiger partial charge in [-0.15, -0.1) is 0 Å². The Bertz CT molecular complexity index is 339. The van der Waals surface area contributed by atoms with Crippen molar-refractivity contribution in [3.63, 3.8) is 0 Å². The molecule has 5 nitrogen and oxygen atoms in total. The summed E-state index contributed by atoms with van der Waals surface area (Å²) >= 11 is 0. The normalized spacial score (nSPS) is 21.1. The highest BCUT2D eigenvalue weighted by Crippen LogP contribution is 2.14. The predicted octanol–water partition coefficient (Wildman–Crippen LogP) is 2.75. The molecular weight excluding hydrogens is 278 g/mol. The summed E-state index contributed by atoms with van der Waals surface area (Å²) in [4.78, 5) is 14.3. The Balaban J connectivity index is 2.38. The van der Waals surface area contributed by atoms with Gasteiger partial charge in [0, 0.05) is 31.2 Å². The Hall–Kier alpha value is -0.810.